The lowest BCUT2D eigenvalue weighted by Gasteiger charge is -2.34. The van der Waals surface area contributed by atoms with E-state index in [0.717, 1.165) is 59.0 Å². The van der Waals surface area contributed by atoms with E-state index in [1.165, 1.54) is 5.56 Å². The Labute approximate surface area is 180 Å². The molecule has 0 radical (unpaired) electrons. The van der Waals surface area contributed by atoms with E-state index in [2.05, 4.69) is 63.9 Å². The first-order valence-electron chi connectivity index (χ1n) is 10.6. The summed E-state index contributed by atoms with van der Waals surface area (Å²) in [4.78, 5) is 5.13. The van der Waals surface area contributed by atoms with Crippen LogP contribution in [0.15, 0.2) is 59.8 Å². The number of aromatic amines is 1. The second-order valence-electron chi connectivity index (χ2n) is 8.31. The van der Waals surface area contributed by atoms with Crippen molar-refractivity contribution in [3.05, 3.63) is 82.7 Å². The van der Waals surface area contributed by atoms with Crippen molar-refractivity contribution in [3.8, 4) is 11.5 Å². The minimum absolute atomic E-state index is 0.268. The van der Waals surface area contributed by atoms with Crippen molar-refractivity contribution in [3.63, 3.8) is 0 Å². The molecule has 1 N–H and O–H groups in total. The van der Waals surface area contributed by atoms with E-state index in [-0.39, 0.29) is 12.2 Å². The smallest absolute Gasteiger partial charge is 0.231 e. The summed E-state index contributed by atoms with van der Waals surface area (Å²) in [6.07, 6.45) is 7.51. The SMILES string of the molecule is CON=C(c1n[nH]c2c1C=CC(c1ccccc1)(c1ccc3c(c1)OCO3)C2)C1CC1. The quantitative estimate of drug-likeness (QED) is 0.496. The zero-order valence-corrected chi connectivity index (χ0v) is 17.3. The van der Waals surface area contributed by atoms with Crippen LogP contribution in [-0.4, -0.2) is 29.8 Å². The summed E-state index contributed by atoms with van der Waals surface area (Å²) in [6, 6.07) is 16.8. The molecule has 3 aromatic rings. The van der Waals surface area contributed by atoms with Crippen molar-refractivity contribution in [2.75, 3.05) is 13.9 Å². The second-order valence-corrected chi connectivity index (χ2v) is 8.31. The maximum Gasteiger partial charge on any atom is 0.231 e. The van der Waals surface area contributed by atoms with Crippen molar-refractivity contribution >= 4 is 11.8 Å². The van der Waals surface area contributed by atoms with Crippen LogP contribution >= 0.6 is 0 Å². The molecule has 6 rings (SSSR count). The summed E-state index contributed by atoms with van der Waals surface area (Å²) in [5.41, 5.74) is 6.10. The summed E-state index contributed by atoms with van der Waals surface area (Å²) in [7, 11) is 1.59. The minimum Gasteiger partial charge on any atom is -0.454 e. The first kappa shape index (κ1) is 18.2. The molecule has 1 fully saturated rings. The van der Waals surface area contributed by atoms with E-state index in [1.54, 1.807) is 7.11 Å². The fraction of sp³-hybridized carbons (Fsp3) is 0.280. The summed E-state index contributed by atoms with van der Waals surface area (Å²) in [6.45, 7) is 0.268. The van der Waals surface area contributed by atoms with E-state index < -0.39 is 0 Å². The number of benzene rings is 2. The standard InChI is InChI=1S/C25H23N3O3/c1-29-28-23(16-7-8-16)24-19-11-12-25(14-20(19)26-27-24,17-5-3-2-4-6-17)18-9-10-21-22(13-18)31-15-30-21/h2-6,9-13,16H,7-8,14-15H2,1H3,(H,26,27). The number of fused-ring (bicyclic) bond motifs is 2. The van der Waals surface area contributed by atoms with Crippen LogP contribution < -0.4 is 9.47 Å². The topological polar surface area (TPSA) is 68.7 Å². The molecule has 1 aliphatic heterocycles. The van der Waals surface area contributed by atoms with Crippen LogP contribution in [-0.2, 0) is 16.7 Å². The molecule has 156 valence electrons. The van der Waals surface area contributed by atoms with E-state index in [4.69, 9.17) is 14.3 Å². The summed E-state index contributed by atoms with van der Waals surface area (Å²) in [5, 5.41) is 12.3. The Bertz CT molecular complexity index is 1190. The molecule has 1 atom stereocenters. The van der Waals surface area contributed by atoms with Crippen LogP contribution in [0.2, 0.25) is 0 Å². The van der Waals surface area contributed by atoms with Gasteiger partial charge in [-0.05, 0) is 36.1 Å². The lowest BCUT2D eigenvalue weighted by Crippen LogP contribution is -2.30. The molecule has 31 heavy (non-hydrogen) atoms. The lowest BCUT2D eigenvalue weighted by molar-refractivity contribution is 0.174. The molecule has 0 spiro atoms. The maximum absolute atomic E-state index is 5.68. The Morgan fingerprint density at radius 2 is 1.94 bits per heavy atom. The van der Waals surface area contributed by atoms with Crippen LogP contribution in [0.3, 0.4) is 0 Å². The molecular weight excluding hydrogens is 390 g/mol. The van der Waals surface area contributed by atoms with Gasteiger partial charge in [0.15, 0.2) is 11.5 Å². The second kappa shape index (κ2) is 7.01. The normalized spacial score (nSPS) is 21.8. The zero-order chi connectivity index (χ0) is 20.8. The predicted octanol–water partition coefficient (Wildman–Crippen LogP) is 4.45. The van der Waals surface area contributed by atoms with Gasteiger partial charge in [0, 0.05) is 29.0 Å². The molecule has 2 aromatic carbocycles. The van der Waals surface area contributed by atoms with Crippen molar-refractivity contribution in [2.45, 2.75) is 24.7 Å². The number of ether oxygens (including phenoxy) is 2. The molecule has 6 nitrogen and oxygen atoms in total. The van der Waals surface area contributed by atoms with Gasteiger partial charge in [0.25, 0.3) is 0 Å². The van der Waals surface area contributed by atoms with E-state index in [0.29, 0.717) is 5.92 Å². The van der Waals surface area contributed by atoms with Crippen molar-refractivity contribution in [2.24, 2.45) is 11.1 Å². The molecule has 2 aliphatic carbocycles. The fourth-order valence-electron chi connectivity index (χ4n) is 4.70. The Kier molecular flexibility index (Phi) is 4.13. The largest absolute Gasteiger partial charge is 0.454 e. The first-order valence-corrected chi connectivity index (χ1v) is 10.6. The number of hydrogen-bond donors (Lipinski definition) is 1. The van der Waals surface area contributed by atoms with Gasteiger partial charge in [-0.1, -0.05) is 53.7 Å². The van der Waals surface area contributed by atoms with Gasteiger partial charge in [0.1, 0.15) is 18.5 Å². The summed E-state index contributed by atoms with van der Waals surface area (Å²) >= 11 is 0. The third-order valence-corrected chi connectivity index (χ3v) is 6.45. The molecule has 6 heteroatoms. The Balaban J connectivity index is 1.47. The minimum atomic E-state index is -0.336. The van der Waals surface area contributed by atoms with E-state index in [1.807, 2.05) is 12.1 Å². The average molecular weight is 413 g/mol. The molecule has 1 aromatic heterocycles. The van der Waals surface area contributed by atoms with Crippen LogP contribution in [0.25, 0.3) is 6.08 Å². The van der Waals surface area contributed by atoms with Gasteiger partial charge < -0.3 is 14.3 Å². The third kappa shape index (κ3) is 2.93. The highest BCUT2D eigenvalue weighted by Crippen LogP contribution is 2.45. The Hall–Kier alpha value is -3.54. The molecule has 2 heterocycles. The van der Waals surface area contributed by atoms with Crippen molar-refractivity contribution < 1.29 is 14.3 Å². The molecule has 1 saturated carbocycles. The van der Waals surface area contributed by atoms with Gasteiger partial charge in [0.2, 0.25) is 6.79 Å². The monoisotopic (exact) mass is 413 g/mol. The zero-order valence-electron chi connectivity index (χ0n) is 17.3. The fourth-order valence-corrected chi connectivity index (χ4v) is 4.70. The number of allylic oxidation sites excluding steroid dienone is 1. The van der Waals surface area contributed by atoms with Gasteiger partial charge in [-0.2, -0.15) is 5.10 Å². The maximum atomic E-state index is 5.68. The molecule has 0 bridgehead atoms. The van der Waals surface area contributed by atoms with Gasteiger partial charge in [0.05, 0.1) is 0 Å². The van der Waals surface area contributed by atoms with Gasteiger partial charge in [-0.3, -0.25) is 5.10 Å². The summed E-state index contributed by atoms with van der Waals surface area (Å²) in [5.74, 6) is 2.03. The predicted molar refractivity (Wildman–Crippen MR) is 117 cm³/mol. The number of nitrogens with zero attached hydrogens (tertiary/aromatic N) is 2. The van der Waals surface area contributed by atoms with Gasteiger partial charge in [-0.15, -0.1) is 0 Å². The number of hydrogen-bond acceptors (Lipinski definition) is 5. The van der Waals surface area contributed by atoms with Gasteiger partial charge in [-0.25, -0.2) is 0 Å². The summed E-state index contributed by atoms with van der Waals surface area (Å²) < 4.78 is 11.2. The average Bonchev–Trinajstić information content (AvgIpc) is 3.40. The van der Waals surface area contributed by atoms with Crippen LogP contribution in [0, 0.1) is 5.92 Å². The first-order chi connectivity index (χ1) is 15.3. The third-order valence-electron chi connectivity index (χ3n) is 6.45. The van der Waals surface area contributed by atoms with Crippen LogP contribution in [0.1, 0.15) is 40.9 Å². The number of oxime groups is 1. The Morgan fingerprint density at radius 3 is 2.74 bits per heavy atom. The number of aromatic nitrogens is 2. The molecule has 1 unspecified atom stereocenters. The van der Waals surface area contributed by atoms with Gasteiger partial charge >= 0.3 is 0 Å². The van der Waals surface area contributed by atoms with Crippen LogP contribution in [0.4, 0.5) is 0 Å². The van der Waals surface area contributed by atoms with E-state index >= 15 is 0 Å². The highest BCUT2D eigenvalue weighted by atomic mass is 16.7. The number of H-pyrrole nitrogens is 1. The molecular formula is C25H23N3O3. The highest BCUT2D eigenvalue weighted by Gasteiger charge is 2.39. The Morgan fingerprint density at radius 1 is 1.10 bits per heavy atom. The molecule has 0 saturated heterocycles. The lowest BCUT2D eigenvalue weighted by atomic mass is 9.68. The molecule has 0 amide bonds. The molecule has 3 aliphatic rings. The number of nitrogens with one attached hydrogen (secondary N) is 1. The van der Waals surface area contributed by atoms with Crippen molar-refractivity contribution in [1.29, 1.82) is 0 Å². The van der Waals surface area contributed by atoms with E-state index in [9.17, 15) is 0 Å². The highest BCUT2D eigenvalue weighted by molar-refractivity contribution is 6.04. The van der Waals surface area contributed by atoms with Crippen molar-refractivity contribution in [1.82, 2.24) is 10.2 Å². The number of rotatable bonds is 5. The van der Waals surface area contributed by atoms with Crippen LogP contribution in [0.5, 0.6) is 11.5 Å².